The number of rotatable bonds is 4. The van der Waals surface area contributed by atoms with Crippen molar-refractivity contribution < 1.29 is 38.0 Å². The molecule has 1 aliphatic rings. The van der Waals surface area contributed by atoms with Gasteiger partial charge in [-0.15, -0.1) is 10.2 Å². The Morgan fingerprint density at radius 3 is 2.08 bits per heavy atom. The van der Waals surface area contributed by atoms with Crippen LogP contribution in [0.1, 0.15) is 22.3 Å². The van der Waals surface area contributed by atoms with Crippen LogP contribution in [0.5, 0.6) is 5.75 Å². The van der Waals surface area contributed by atoms with Crippen molar-refractivity contribution in [3.05, 3.63) is 156 Å². The van der Waals surface area contributed by atoms with E-state index >= 15 is 0 Å². The van der Waals surface area contributed by atoms with Gasteiger partial charge in [0.15, 0.2) is 0 Å². The summed E-state index contributed by atoms with van der Waals surface area (Å²) in [6, 6.07) is 39.1. The van der Waals surface area contributed by atoms with Gasteiger partial charge in [0, 0.05) is 28.8 Å². The lowest BCUT2D eigenvalue weighted by Gasteiger charge is -2.21. The Balaban J connectivity index is 0.000000595. The maximum absolute atomic E-state index is 8.49. The molecule has 198 valence electrons. The fourth-order valence-corrected chi connectivity index (χ4v) is 4.40. The molecule has 4 aromatic carbocycles. The van der Waals surface area contributed by atoms with Crippen LogP contribution >= 0.6 is 0 Å². The van der Waals surface area contributed by atoms with Crippen LogP contribution in [-0.4, -0.2) is 0 Å². The molecule has 7 heteroatoms. The Labute approximate surface area is 233 Å². The normalized spacial score (nSPS) is 14.1. The summed E-state index contributed by atoms with van der Waals surface area (Å²) in [5, 5.41) is 1.08. The lowest BCUT2D eigenvalue weighted by Crippen LogP contribution is -2.68. The average molecular weight is 551 g/mol. The Bertz CT molecular complexity index is 1690. The lowest BCUT2D eigenvalue weighted by molar-refractivity contribution is -2.00. The summed E-state index contributed by atoms with van der Waals surface area (Å²) >= 11 is 0. The minimum Gasteiger partial charge on any atom is -0.456 e. The number of benzene rings is 4. The zero-order valence-corrected chi connectivity index (χ0v) is 21.9. The number of hydrogen-bond acceptors (Lipinski definition) is 5. The van der Waals surface area contributed by atoms with Crippen molar-refractivity contribution in [2.75, 3.05) is 0 Å². The van der Waals surface area contributed by atoms with E-state index in [4.69, 9.17) is 27.8 Å². The molecule has 2 heterocycles. The number of para-hydroxylation sites is 2. The van der Waals surface area contributed by atoms with Gasteiger partial charge in [-0.25, -0.2) is 23.1 Å². The van der Waals surface area contributed by atoms with E-state index in [9.17, 15) is 0 Å². The van der Waals surface area contributed by atoms with Crippen LogP contribution in [0.4, 0.5) is 0 Å². The molecule has 0 aliphatic carbocycles. The van der Waals surface area contributed by atoms with E-state index < -0.39 is 10.2 Å². The molecule has 0 saturated carbocycles. The third-order valence-corrected chi connectivity index (χ3v) is 6.13. The molecule has 0 fully saturated rings. The molecular weight excluding hydrogens is 528 g/mol. The van der Waals surface area contributed by atoms with Gasteiger partial charge in [-0.1, -0.05) is 91.0 Å². The lowest BCUT2D eigenvalue weighted by atomic mass is 9.94. The maximum atomic E-state index is 8.49. The summed E-state index contributed by atoms with van der Waals surface area (Å²) in [5.41, 5.74) is 7.45. The highest BCUT2D eigenvalue weighted by molar-refractivity contribution is 6.01. The van der Waals surface area contributed by atoms with E-state index in [-0.39, 0.29) is 0 Å². The van der Waals surface area contributed by atoms with Crippen LogP contribution in [0.2, 0.25) is 0 Å². The minimum atomic E-state index is -4.94. The van der Waals surface area contributed by atoms with Gasteiger partial charge in [0.05, 0.1) is 5.39 Å². The third-order valence-electron chi connectivity index (χ3n) is 6.13. The van der Waals surface area contributed by atoms with E-state index in [1.165, 1.54) is 0 Å². The second kappa shape index (κ2) is 12.1. The first kappa shape index (κ1) is 27.0. The summed E-state index contributed by atoms with van der Waals surface area (Å²) in [4.78, 5) is 0. The number of hydrogen-bond donors (Lipinski definition) is 0. The molecule has 6 nitrogen and oxygen atoms in total. The second-order valence-electron chi connectivity index (χ2n) is 8.79. The Morgan fingerprint density at radius 2 is 1.32 bits per heavy atom. The smallest absolute Gasteiger partial charge is 0.360 e. The largest absolute Gasteiger partial charge is 0.456 e. The molecular formula is C33H23ClO6. The van der Waals surface area contributed by atoms with Crippen LogP contribution < -0.4 is 23.4 Å². The third kappa shape index (κ3) is 6.90. The first-order valence-corrected chi connectivity index (χ1v) is 13.5. The molecule has 0 saturated heterocycles. The fourth-order valence-electron chi connectivity index (χ4n) is 4.40. The van der Waals surface area contributed by atoms with E-state index in [0.717, 1.165) is 55.9 Å². The minimum absolute atomic E-state index is 0.840. The van der Waals surface area contributed by atoms with Gasteiger partial charge < -0.3 is 4.74 Å². The van der Waals surface area contributed by atoms with Crippen LogP contribution in [0.25, 0.3) is 34.0 Å². The van der Waals surface area contributed by atoms with E-state index in [0.29, 0.717) is 0 Å². The highest BCUT2D eigenvalue weighted by Crippen LogP contribution is 2.38. The highest BCUT2D eigenvalue weighted by Gasteiger charge is 2.18. The van der Waals surface area contributed by atoms with Crippen molar-refractivity contribution in [3.63, 3.8) is 0 Å². The molecule has 0 amide bonds. The molecule has 0 bridgehead atoms. The van der Waals surface area contributed by atoms with Gasteiger partial charge >= 0.3 is 11.8 Å². The predicted molar refractivity (Wildman–Crippen MR) is 144 cm³/mol. The van der Waals surface area contributed by atoms with Gasteiger partial charge in [-0.2, -0.15) is 0 Å². The summed E-state index contributed by atoms with van der Waals surface area (Å²) in [6.45, 7) is 0. The Kier molecular flexibility index (Phi) is 8.17. The number of allylic oxidation sites excluding steroid dienone is 4. The van der Waals surface area contributed by atoms with Crippen molar-refractivity contribution in [2.45, 2.75) is 0 Å². The monoisotopic (exact) mass is 550 g/mol. The van der Waals surface area contributed by atoms with Gasteiger partial charge in [0.1, 0.15) is 11.5 Å². The number of ether oxygens (including phenoxy) is 1. The zero-order chi connectivity index (χ0) is 28.0. The average Bonchev–Trinajstić information content (AvgIpc) is 2.97. The molecule has 0 radical (unpaired) electrons. The van der Waals surface area contributed by atoms with Crippen LogP contribution in [-0.2, 0) is 0 Å². The quantitative estimate of drug-likeness (QED) is 0.312. The predicted octanol–water partition coefficient (Wildman–Crippen LogP) is 4.02. The first-order chi connectivity index (χ1) is 19.3. The molecule has 0 N–H and O–H groups in total. The zero-order valence-electron chi connectivity index (χ0n) is 21.1. The number of fused-ring (bicyclic) bond motifs is 2. The number of halogens is 1. The van der Waals surface area contributed by atoms with Crippen molar-refractivity contribution in [3.8, 4) is 5.75 Å². The molecule has 0 atom stereocenters. The van der Waals surface area contributed by atoms with E-state index in [1.54, 1.807) is 6.26 Å². The van der Waals surface area contributed by atoms with Gasteiger partial charge in [0.25, 0.3) is 0 Å². The standard InChI is InChI=1S/C33H23O2.ClHO4/c1-3-11-24(12-4-1)27(21-26-19-20-34-31-17-9-7-15-29(26)31)22-28-23-33(25-13-5-2-6-14-25)35-32-18-10-8-16-30(28)32;2-1(3,4)5/h1-23H;(H,2,3,4,5)/q+1;/p-1. The van der Waals surface area contributed by atoms with Gasteiger partial charge in [-0.3, -0.25) is 0 Å². The molecule has 6 rings (SSSR count). The summed E-state index contributed by atoms with van der Waals surface area (Å²) in [5.74, 6) is 1.70. The molecule has 40 heavy (non-hydrogen) atoms. The van der Waals surface area contributed by atoms with Crippen molar-refractivity contribution in [1.82, 2.24) is 0 Å². The van der Waals surface area contributed by atoms with Crippen LogP contribution in [0.3, 0.4) is 0 Å². The van der Waals surface area contributed by atoms with Crippen molar-refractivity contribution >= 4 is 34.0 Å². The van der Waals surface area contributed by atoms with E-state index in [2.05, 4.69) is 72.8 Å². The van der Waals surface area contributed by atoms with Crippen LogP contribution in [0, 0.1) is 10.2 Å². The Hall–Kier alpha value is -4.56. The molecule has 0 unspecified atom stereocenters. The summed E-state index contributed by atoms with van der Waals surface area (Å²) in [7, 11) is -4.94. The van der Waals surface area contributed by atoms with Crippen molar-refractivity contribution in [1.29, 1.82) is 0 Å². The van der Waals surface area contributed by atoms with Crippen molar-refractivity contribution in [2.24, 2.45) is 0 Å². The SMILES string of the molecule is C(=C(C=C1C=C(c2ccccc2)Oc2ccccc21)c1ccccc1)c1cc[o+]c2ccccc12.[O-][Cl+3]([O-])([O-])[O-]. The molecule has 0 spiro atoms. The molecule has 1 aliphatic heterocycles. The second-order valence-corrected chi connectivity index (χ2v) is 9.54. The first-order valence-electron chi connectivity index (χ1n) is 12.3. The van der Waals surface area contributed by atoms with Crippen LogP contribution in [0.15, 0.2) is 138 Å². The Morgan fingerprint density at radius 1 is 0.700 bits per heavy atom. The van der Waals surface area contributed by atoms with E-state index in [1.807, 2.05) is 60.7 Å². The fraction of sp³-hybridized carbons (Fsp3) is 0. The van der Waals surface area contributed by atoms with Gasteiger partial charge in [-0.05, 0) is 47.1 Å². The molecule has 1 aromatic heterocycles. The topological polar surface area (TPSA) is 113 Å². The maximum Gasteiger partial charge on any atom is 0.360 e. The summed E-state index contributed by atoms with van der Waals surface area (Å²) < 4.78 is 46.0. The summed E-state index contributed by atoms with van der Waals surface area (Å²) in [6.07, 6.45) is 8.36. The van der Waals surface area contributed by atoms with Gasteiger partial charge in [0.2, 0.25) is 0 Å². The highest BCUT2D eigenvalue weighted by atomic mass is 35.7. The molecule has 5 aromatic rings.